The highest BCUT2D eigenvalue weighted by molar-refractivity contribution is 9.08. The van der Waals surface area contributed by atoms with E-state index in [-0.39, 0.29) is 6.09 Å². The van der Waals surface area contributed by atoms with Gasteiger partial charge in [-0.2, -0.15) is 0 Å². The normalized spacial score (nSPS) is 16.2. The number of pyridine rings is 1. The lowest BCUT2D eigenvalue weighted by Gasteiger charge is -2.34. The average molecular weight is 405 g/mol. The van der Waals surface area contributed by atoms with Crippen LogP contribution in [0.5, 0.6) is 0 Å². The highest BCUT2D eigenvalue weighted by Gasteiger charge is 2.28. The lowest BCUT2D eigenvalue weighted by molar-refractivity contribution is 0.0205. The number of rotatable bonds is 2. The van der Waals surface area contributed by atoms with Gasteiger partial charge in [0.15, 0.2) is 0 Å². The molecule has 0 spiro atoms. The minimum absolute atomic E-state index is 0.202. The van der Waals surface area contributed by atoms with E-state index in [0.29, 0.717) is 5.92 Å². The van der Waals surface area contributed by atoms with Crippen molar-refractivity contribution in [2.45, 2.75) is 50.5 Å². The topological polar surface area (TPSA) is 42.4 Å². The van der Waals surface area contributed by atoms with Crippen molar-refractivity contribution >= 4 is 32.9 Å². The van der Waals surface area contributed by atoms with Crippen molar-refractivity contribution in [3.63, 3.8) is 0 Å². The molecule has 0 radical (unpaired) electrons. The van der Waals surface area contributed by atoms with Gasteiger partial charge in [-0.15, -0.1) is 0 Å². The van der Waals surface area contributed by atoms with E-state index in [1.54, 1.807) is 0 Å². The number of nitrogens with zero attached hydrogens (tertiary/aromatic N) is 2. The summed E-state index contributed by atoms with van der Waals surface area (Å²) in [4.78, 5) is 18.6. The van der Waals surface area contributed by atoms with E-state index in [9.17, 15) is 4.79 Å². The van der Waals surface area contributed by atoms with Crippen LogP contribution in [0, 0.1) is 0 Å². The van der Waals surface area contributed by atoms with Gasteiger partial charge in [0.1, 0.15) is 5.60 Å². The van der Waals surface area contributed by atoms with Crippen molar-refractivity contribution in [3.8, 4) is 0 Å². The second-order valence-corrected chi connectivity index (χ2v) is 8.15. The van der Waals surface area contributed by atoms with E-state index in [2.05, 4.69) is 39.1 Å². The number of carbonyl (C=O) groups excluding carboxylic acids is 1. The number of halogens is 1. The van der Waals surface area contributed by atoms with Crippen LogP contribution in [0.15, 0.2) is 30.5 Å². The number of aromatic nitrogens is 1. The maximum atomic E-state index is 12.2. The standard InChI is InChI=1S/C20H25BrN2O2/c1-20(2,3)25-19(24)23-11-8-14(9-12-23)16-7-6-15(13-21)18-17(16)5-4-10-22-18/h4-7,10,14H,8-9,11-13H2,1-3H3. The zero-order valence-corrected chi connectivity index (χ0v) is 16.7. The molecule has 3 rings (SSSR count). The number of likely N-dealkylation sites (tertiary alicyclic amines) is 1. The summed E-state index contributed by atoms with van der Waals surface area (Å²) in [5, 5.41) is 2.04. The first-order valence-corrected chi connectivity index (χ1v) is 9.91. The first-order valence-electron chi connectivity index (χ1n) is 8.79. The van der Waals surface area contributed by atoms with Gasteiger partial charge in [-0.3, -0.25) is 4.98 Å². The molecule has 5 heteroatoms. The molecule has 1 saturated heterocycles. The van der Waals surface area contributed by atoms with E-state index in [1.165, 1.54) is 16.5 Å². The Hall–Kier alpha value is -1.62. The van der Waals surface area contributed by atoms with Crippen LogP contribution < -0.4 is 0 Å². The van der Waals surface area contributed by atoms with Crippen molar-refractivity contribution < 1.29 is 9.53 Å². The van der Waals surface area contributed by atoms with E-state index in [1.807, 2.05) is 37.9 Å². The quantitative estimate of drug-likeness (QED) is 0.642. The van der Waals surface area contributed by atoms with Crippen molar-refractivity contribution in [2.75, 3.05) is 13.1 Å². The van der Waals surface area contributed by atoms with E-state index >= 15 is 0 Å². The number of carbonyl (C=O) groups is 1. The van der Waals surface area contributed by atoms with Gasteiger partial charge in [-0.1, -0.05) is 34.1 Å². The van der Waals surface area contributed by atoms with Crippen LogP contribution in [0.4, 0.5) is 4.79 Å². The summed E-state index contributed by atoms with van der Waals surface area (Å²) in [6.45, 7) is 7.19. The summed E-state index contributed by atoms with van der Waals surface area (Å²) >= 11 is 3.55. The Bertz CT molecular complexity index is 762. The van der Waals surface area contributed by atoms with E-state index in [0.717, 1.165) is 36.8 Å². The third-order valence-electron chi connectivity index (χ3n) is 4.62. The second-order valence-electron chi connectivity index (χ2n) is 7.59. The number of hydrogen-bond donors (Lipinski definition) is 0. The summed E-state index contributed by atoms with van der Waals surface area (Å²) in [6.07, 6.45) is 3.56. The Kier molecular flexibility index (Phi) is 5.32. The minimum Gasteiger partial charge on any atom is -0.444 e. The molecule has 0 N–H and O–H groups in total. The van der Waals surface area contributed by atoms with Crippen molar-refractivity contribution in [3.05, 3.63) is 41.6 Å². The number of fused-ring (bicyclic) bond motifs is 1. The van der Waals surface area contributed by atoms with Gasteiger partial charge in [0.2, 0.25) is 0 Å². The molecular formula is C20H25BrN2O2. The van der Waals surface area contributed by atoms with Crippen LogP contribution in [-0.2, 0) is 10.1 Å². The fourth-order valence-electron chi connectivity index (χ4n) is 3.42. The molecule has 2 heterocycles. The number of hydrogen-bond acceptors (Lipinski definition) is 3. The zero-order valence-electron chi connectivity index (χ0n) is 15.1. The molecule has 0 unspecified atom stereocenters. The number of alkyl halides is 1. The fourth-order valence-corrected chi connectivity index (χ4v) is 3.87. The maximum absolute atomic E-state index is 12.2. The van der Waals surface area contributed by atoms with Crippen molar-refractivity contribution in [1.29, 1.82) is 0 Å². The van der Waals surface area contributed by atoms with Crippen molar-refractivity contribution in [2.24, 2.45) is 0 Å². The second kappa shape index (κ2) is 7.32. The summed E-state index contributed by atoms with van der Waals surface area (Å²) in [5.41, 5.74) is 3.19. The van der Waals surface area contributed by atoms with E-state index in [4.69, 9.17) is 4.74 Å². The molecular weight excluding hydrogens is 380 g/mol. The third-order valence-corrected chi connectivity index (χ3v) is 5.22. The molecule has 0 bridgehead atoms. The Morgan fingerprint density at radius 3 is 2.64 bits per heavy atom. The van der Waals surface area contributed by atoms with Crippen LogP contribution in [-0.4, -0.2) is 34.7 Å². The number of benzene rings is 1. The lowest BCUT2D eigenvalue weighted by Crippen LogP contribution is -2.41. The van der Waals surface area contributed by atoms with E-state index < -0.39 is 5.60 Å². The zero-order chi connectivity index (χ0) is 18.0. The molecule has 4 nitrogen and oxygen atoms in total. The average Bonchev–Trinajstić information content (AvgIpc) is 2.59. The predicted molar refractivity (Wildman–Crippen MR) is 104 cm³/mol. The summed E-state index contributed by atoms with van der Waals surface area (Å²) < 4.78 is 5.49. The summed E-state index contributed by atoms with van der Waals surface area (Å²) in [7, 11) is 0. The molecule has 25 heavy (non-hydrogen) atoms. The molecule has 1 amide bonds. The van der Waals surface area contributed by atoms with Gasteiger partial charge >= 0.3 is 6.09 Å². The smallest absolute Gasteiger partial charge is 0.410 e. The molecule has 1 aromatic heterocycles. The Balaban J connectivity index is 1.76. The van der Waals surface area contributed by atoms with Crippen LogP contribution >= 0.6 is 15.9 Å². The fraction of sp³-hybridized carbons (Fsp3) is 0.500. The van der Waals surface area contributed by atoms with Gasteiger partial charge in [0, 0.05) is 30.0 Å². The lowest BCUT2D eigenvalue weighted by atomic mass is 9.86. The Morgan fingerprint density at radius 2 is 2.00 bits per heavy atom. The summed E-state index contributed by atoms with van der Waals surface area (Å²) in [6, 6.07) is 8.55. The van der Waals surface area contributed by atoms with Crippen LogP contribution in [0.3, 0.4) is 0 Å². The first-order chi connectivity index (χ1) is 11.9. The maximum Gasteiger partial charge on any atom is 0.410 e. The SMILES string of the molecule is CC(C)(C)OC(=O)N1CCC(c2ccc(CBr)c3ncccc23)CC1. The molecule has 134 valence electrons. The van der Waals surface area contributed by atoms with Crippen LogP contribution in [0.2, 0.25) is 0 Å². The molecule has 0 aliphatic carbocycles. The predicted octanol–water partition coefficient (Wildman–Crippen LogP) is 5.24. The Labute approximate surface area is 157 Å². The number of piperidine rings is 1. The highest BCUT2D eigenvalue weighted by atomic mass is 79.9. The minimum atomic E-state index is -0.443. The first kappa shape index (κ1) is 18.2. The molecule has 0 saturated carbocycles. The van der Waals surface area contributed by atoms with Crippen molar-refractivity contribution in [1.82, 2.24) is 9.88 Å². The van der Waals surface area contributed by atoms with Crippen LogP contribution in [0.25, 0.3) is 10.9 Å². The Morgan fingerprint density at radius 1 is 1.28 bits per heavy atom. The summed E-state index contributed by atoms with van der Waals surface area (Å²) in [5.74, 6) is 0.453. The monoisotopic (exact) mass is 404 g/mol. The van der Waals surface area contributed by atoms with Crippen LogP contribution in [0.1, 0.15) is 50.7 Å². The van der Waals surface area contributed by atoms with Gasteiger partial charge in [-0.05, 0) is 56.7 Å². The number of ether oxygens (including phenoxy) is 1. The molecule has 1 aliphatic heterocycles. The molecule has 1 aromatic carbocycles. The molecule has 0 atom stereocenters. The highest BCUT2D eigenvalue weighted by Crippen LogP contribution is 2.34. The third kappa shape index (κ3) is 4.14. The number of amides is 1. The molecule has 1 fully saturated rings. The molecule has 1 aliphatic rings. The van der Waals surface area contributed by atoms with Gasteiger partial charge < -0.3 is 9.64 Å². The van der Waals surface area contributed by atoms with Gasteiger partial charge in [-0.25, -0.2) is 4.79 Å². The van der Waals surface area contributed by atoms with Gasteiger partial charge in [0.25, 0.3) is 0 Å². The van der Waals surface area contributed by atoms with Gasteiger partial charge in [0.05, 0.1) is 5.52 Å². The largest absolute Gasteiger partial charge is 0.444 e. The molecule has 2 aromatic rings.